The molecule has 2 nitrogen and oxygen atoms in total. The molecule has 5 aromatic rings. The molecule has 0 unspecified atom stereocenters. The zero-order valence-corrected chi connectivity index (χ0v) is 22.9. The number of aromatic nitrogens is 2. The van der Waals surface area contributed by atoms with Gasteiger partial charge < -0.3 is 0 Å². The normalized spacial score (nSPS) is 11.3. The fourth-order valence-electron chi connectivity index (χ4n) is 4.68. The Hall–Kier alpha value is -2.94. The summed E-state index contributed by atoms with van der Waals surface area (Å²) in [5, 5.41) is 5.48. The van der Waals surface area contributed by atoms with Gasteiger partial charge in [0.2, 0.25) is 0 Å². The van der Waals surface area contributed by atoms with E-state index in [-0.39, 0.29) is 0 Å². The summed E-state index contributed by atoms with van der Waals surface area (Å²) >= 11 is 1.13. The predicted molar refractivity (Wildman–Crippen MR) is 141 cm³/mol. The van der Waals surface area contributed by atoms with Gasteiger partial charge in [0.05, 0.1) is 0 Å². The minimum atomic E-state index is -2.53. The van der Waals surface area contributed by atoms with Crippen molar-refractivity contribution in [3.8, 4) is 11.3 Å². The van der Waals surface area contributed by atoms with Crippen LogP contribution in [-0.2, 0) is 0 Å². The van der Waals surface area contributed by atoms with Crippen molar-refractivity contribution in [2.45, 2.75) is 6.92 Å². The van der Waals surface area contributed by atoms with Gasteiger partial charge in [-0.25, -0.2) is 0 Å². The maximum absolute atomic E-state index is 4.77. The summed E-state index contributed by atoms with van der Waals surface area (Å²) in [5.74, 6) is 0.827. The summed E-state index contributed by atoms with van der Waals surface area (Å²) in [7, 11) is -2.53. The Morgan fingerprint density at radius 1 is 0.545 bits per heavy atom. The van der Waals surface area contributed by atoms with Crippen molar-refractivity contribution < 1.29 is 0 Å². The number of aryl methyl sites for hydroxylation is 1. The van der Waals surface area contributed by atoms with E-state index in [0.717, 1.165) is 45.2 Å². The van der Waals surface area contributed by atoms with Gasteiger partial charge in [-0.2, -0.15) is 0 Å². The molecular formula is C29H23BiN2Si. The van der Waals surface area contributed by atoms with Gasteiger partial charge in [0.25, 0.3) is 0 Å². The van der Waals surface area contributed by atoms with Crippen molar-refractivity contribution in [1.29, 1.82) is 0 Å². The molecule has 33 heavy (non-hydrogen) atoms. The van der Waals surface area contributed by atoms with Crippen LogP contribution in [-0.4, -0.2) is 42.8 Å². The van der Waals surface area contributed by atoms with Crippen LogP contribution < -0.4 is 24.1 Å². The second kappa shape index (κ2) is 9.51. The summed E-state index contributed by atoms with van der Waals surface area (Å²) in [6, 6.07) is 44.2. The second-order valence-corrected chi connectivity index (χ2v) is 13.7. The van der Waals surface area contributed by atoms with Crippen LogP contribution in [0.1, 0.15) is 5.82 Å². The molecule has 0 bridgehead atoms. The molecule has 0 aliphatic carbocycles. The first-order chi connectivity index (χ1) is 16.2. The van der Waals surface area contributed by atoms with E-state index < -0.39 is 8.07 Å². The van der Waals surface area contributed by atoms with E-state index in [1.807, 2.05) is 6.92 Å². The summed E-state index contributed by atoms with van der Waals surface area (Å²) in [6.07, 6.45) is 0. The van der Waals surface area contributed by atoms with Gasteiger partial charge in [-0.15, -0.1) is 0 Å². The molecule has 0 saturated heterocycles. The molecule has 0 N–H and O–H groups in total. The molecule has 1 heterocycles. The molecular weight excluding hydrogens is 613 g/mol. The van der Waals surface area contributed by atoms with E-state index in [2.05, 4.69) is 126 Å². The fourth-order valence-corrected chi connectivity index (χ4v) is 10.5. The van der Waals surface area contributed by atoms with Gasteiger partial charge in [0.1, 0.15) is 0 Å². The standard InChI is InChI=1S/C29H23N2Si.Bi/c1-23-30-21-20-29(31-23)24-12-11-19-28(22-24)32(25-13-5-2-6-14-25,26-15-7-3-8-16-26)27-17-9-4-10-18-27;/h2-20,22H,1H3;. The fraction of sp³-hybridized carbons (Fsp3) is 0.0345. The first-order valence-corrected chi connectivity index (χ1v) is 14.7. The van der Waals surface area contributed by atoms with Gasteiger partial charge in [0, 0.05) is 0 Å². The molecule has 2 radical (unpaired) electrons. The maximum atomic E-state index is 4.77. The number of nitrogens with zero attached hydrogens (tertiary/aromatic N) is 2. The van der Waals surface area contributed by atoms with Crippen LogP contribution in [0.25, 0.3) is 11.3 Å². The molecule has 0 aliphatic rings. The number of rotatable bonds is 5. The average molecular weight is 637 g/mol. The van der Waals surface area contributed by atoms with E-state index in [9.17, 15) is 0 Å². The Bertz CT molecular complexity index is 1260. The van der Waals surface area contributed by atoms with Crippen molar-refractivity contribution in [3.63, 3.8) is 0 Å². The molecule has 158 valence electrons. The van der Waals surface area contributed by atoms with Gasteiger partial charge >= 0.3 is 212 Å². The van der Waals surface area contributed by atoms with Crippen molar-refractivity contribution >= 4 is 56.9 Å². The summed E-state index contributed by atoms with van der Waals surface area (Å²) in [6.45, 7) is 1.97. The van der Waals surface area contributed by atoms with Crippen molar-refractivity contribution in [2.24, 2.45) is 0 Å². The van der Waals surface area contributed by atoms with E-state index >= 15 is 0 Å². The summed E-state index contributed by atoms with van der Waals surface area (Å²) in [5.41, 5.74) is 2.14. The summed E-state index contributed by atoms with van der Waals surface area (Å²) in [4.78, 5) is 9.29. The molecule has 0 atom stereocenters. The van der Waals surface area contributed by atoms with Crippen LogP contribution in [0.3, 0.4) is 0 Å². The number of hydrogen-bond donors (Lipinski definition) is 0. The van der Waals surface area contributed by atoms with Gasteiger partial charge in [-0.3, -0.25) is 0 Å². The molecule has 0 amide bonds. The number of benzene rings is 4. The van der Waals surface area contributed by atoms with Crippen LogP contribution >= 0.6 is 0 Å². The second-order valence-electron chi connectivity index (χ2n) is 8.09. The first kappa shape index (κ1) is 21.9. The predicted octanol–water partition coefficient (Wildman–Crippen LogP) is 2.62. The monoisotopic (exact) mass is 636 g/mol. The molecule has 4 aromatic carbocycles. The topological polar surface area (TPSA) is 25.8 Å². The third kappa shape index (κ3) is 4.21. The first-order valence-electron chi connectivity index (χ1n) is 11.0. The molecule has 1 aromatic heterocycles. The molecule has 0 aliphatic heterocycles. The third-order valence-corrected chi connectivity index (χ3v) is 11.7. The molecule has 0 fully saturated rings. The molecule has 0 saturated carbocycles. The zero-order valence-electron chi connectivity index (χ0n) is 18.4. The van der Waals surface area contributed by atoms with Crippen LogP contribution in [0.5, 0.6) is 0 Å². The molecule has 4 heteroatoms. The molecule has 5 rings (SSSR count). The van der Waals surface area contributed by atoms with E-state index in [1.54, 1.807) is 0 Å². The Labute approximate surface area is 211 Å². The third-order valence-electron chi connectivity index (χ3n) is 6.04. The van der Waals surface area contributed by atoms with E-state index in [4.69, 9.17) is 4.98 Å². The number of hydrogen-bond acceptors (Lipinski definition) is 2. The quantitative estimate of drug-likeness (QED) is 0.219. The van der Waals surface area contributed by atoms with Crippen molar-refractivity contribution in [3.05, 3.63) is 127 Å². The van der Waals surface area contributed by atoms with Crippen LogP contribution in [0, 0.1) is 6.92 Å². The Morgan fingerprint density at radius 3 is 1.52 bits per heavy atom. The minimum absolute atomic E-state index is 0.827. The van der Waals surface area contributed by atoms with Crippen molar-refractivity contribution in [1.82, 2.24) is 9.97 Å². The van der Waals surface area contributed by atoms with Gasteiger partial charge in [-0.05, 0) is 0 Å². The van der Waals surface area contributed by atoms with Crippen LogP contribution in [0.15, 0.2) is 121 Å². The van der Waals surface area contributed by atoms with E-state index in [0.29, 0.717) is 0 Å². The Morgan fingerprint density at radius 2 is 1.03 bits per heavy atom. The van der Waals surface area contributed by atoms with Gasteiger partial charge in [0.15, 0.2) is 0 Å². The van der Waals surface area contributed by atoms with Gasteiger partial charge in [-0.1, -0.05) is 0 Å². The Kier molecular flexibility index (Phi) is 6.30. The summed E-state index contributed by atoms with van der Waals surface area (Å²) < 4.78 is 1.10. The average Bonchev–Trinajstić information content (AvgIpc) is 2.86. The van der Waals surface area contributed by atoms with Crippen molar-refractivity contribution in [2.75, 3.05) is 0 Å². The van der Waals surface area contributed by atoms with Crippen LogP contribution in [0.4, 0.5) is 0 Å². The van der Waals surface area contributed by atoms with E-state index in [1.165, 1.54) is 20.7 Å². The van der Waals surface area contributed by atoms with Crippen LogP contribution in [0.2, 0.25) is 0 Å². The SMILES string of the molecule is Cc1n[c]([Bi])cc(-c2cccc([Si](c3ccccc3)(c3ccccc3)c3ccccc3)c2)n1. The zero-order chi connectivity index (χ0) is 22.7. The Balaban J connectivity index is 1.84. The molecule has 0 spiro atoms.